The van der Waals surface area contributed by atoms with Gasteiger partial charge < -0.3 is 26.3 Å². The smallest absolute Gasteiger partial charge is 0.317 e. The fraction of sp³-hybridized carbons (Fsp3) is 0.600. The summed E-state index contributed by atoms with van der Waals surface area (Å²) in [5.41, 5.74) is 2.49. The van der Waals surface area contributed by atoms with E-state index < -0.39 is 34.2 Å². The summed E-state index contributed by atoms with van der Waals surface area (Å²) in [6, 6.07) is 25.1. The average molecular weight is 619 g/mol. The summed E-state index contributed by atoms with van der Waals surface area (Å²) in [7, 11) is -5.69. The molecule has 6 nitrogen and oxygen atoms in total. The Morgan fingerprint density at radius 3 is 1.10 bits per heavy atom. The molecule has 0 spiro atoms. The van der Waals surface area contributed by atoms with Crippen LogP contribution < -0.4 is 9.80 Å². The van der Waals surface area contributed by atoms with Gasteiger partial charge in [0.1, 0.15) is 0 Å². The van der Waals surface area contributed by atoms with E-state index >= 15 is 0 Å². The van der Waals surface area contributed by atoms with E-state index in [1.807, 2.05) is 0 Å². The Kier molecular flexibility index (Phi) is 12.3. The first-order valence-corrected chi connectivity index (χ1v) is 25.4. The van der Waals surface area contributed by atoms with Crippen molar-refractivity contribution in [2.45, 2.75) is 89.9 Å². The van der Waals surface area contributed by atoms with Crippen molar-refractivity contribution in [1.29, 1.82) is 0 Å². The predicted molar refractivity (Wildman–Crippen MR) is 179 cm³/mol. The van der Waals surface area contributed by atoms with Gasteiger partial charge in [0.25, 0.3) is 0 Å². The van der Waals surface area contributed by atoms with Crippen LogP contribution in [0.25, 0.3) is 0 Å². The van der Waals surface area contributed by atoms with E-state index in [9.17, 15) is 0 Å². The van der Waals surface area contributed by atoms with Gasteiger partial charge in [-0.1, -0.05) is 63.1 Å². The summed E-state index contributed by atoms with van der Waals surface area (Å²) in [4.78, 5) is 4.66. The number of nitrogens with zero attached hydrogens (tertiary/aromatic N) is 2. The molecule has 0 amide bonds. The van der Waals surface area contributed by atoms with E-state index in [4.69, 9.17) is 16.5 Å². The maximum absolute atomic E-state index is 7.22. The Hall–Kier alpha value is -1.25. The van der Waals surface area contributed by atoms with Crippen LogP contribution >= 0.6 is 0 Å². The van der Waals surface area contributed by atoms with E-state index in [0.29, 0.717) is 0 Å². The minimum Gasteiger partial charge on any atom is -0.416 e. The average Bonchev–Trinajstić information content (AvgIpc) is 2.88. The first kappa shape index (κ1) is 33.3. The van der Waals surface area contributed by atoms with Crippen LogP contribution in [-0.4, -0.2) is 61.4 Å². The molecule has 40 heavy (non-hydrogen) atoms. The third-order valence-corrected chi connectivity index (χ3v) is 26.9. The van der Waals surface area contributed by atoms with Crippen LogP contribution in [0.1, 0.15) is 39.5 Å². The fourth-order valence-electron chi connectivity index (χ4n) is 6.12. The van der Waals surface area contributed by atoms with Gasteiger partial charge in [0, 0.05) is 38.6 Å². The molecular formula is C30H54N2O4Si4. The lowest BCUT2D eigenvalue weighted by molar-refractivity contribution is 0.221. The maximum atomic E-state index is 7.22. The van der Waals surface area contributed by atoms with Gasteiger partial charge in [0.15, 0.2) is 0 Å². The molecule has 1 aliphatic heterocycles. The van der Waals surface area contributed by atoms with Crippen molar-refractivity contribution in [1.82, 2.24) is 0 Å². The van der Waals surface area contributed by atoms with Crippen LogP contribution in [0.3, 0.4) is 0 Å². The molecule has 2 aromatic carbocycles. The number of hydrogen-bond donors (Lipinski definition) is 0. The van der Waals surface area contributed by atoms with Crippen molar-refractivity contribution in [3.05, 3.63) is 60.7 Å². The van der Waals surface area contributed by atoms with Crippen molar-refractivity contribution in [2.24, 2.45) is 0 Å². The Balaban J connectivity index is 1.74. The summed E-state index contributed by atoms with van der Waals surface area (Å²) in [6.07, 6.45) is 4.16. The molecule has 0 atom stereocenters. The zero-order valence-corrected chi connectivity index (χ0v) is 30.4. The summed E-state index contributed by atoms with van der Waals surface area (Å²) in [5.74, 6) is 0. The molecule has 0 bridgehead atoms. The highest BCUT2D eigenvalue weighted by molar-refractivity contribution is 6.93. The minimum atomic E-state index is -2.53. The van der Waals surface area contributed by atoms with Gasteiger partial charge in [-0.05, 0) is 87.5 Å². The molecule has 224 valence electrons. The van der Waals surface area contributed by atoms with Gasteiger partial charge in [-0.15, -0.1) is 0 Å². The molecule has 0 aliphatic carbocycles. The zero-order chi connectivity index (χ0) is 29.3. The lowest BCUT2D eigenvalue weighted by atomic mass is 10.3. The van der Waals surface area contributed by atoms with Gasteiger partial charge in [-0.2, -0.15) is 0 Å². The summed E-state index contributed by atoms with van der Waals surface area (Å²) in [6.45, 7) is 15.5. The number of benzene rings is 2. The quantitative estimate of drug-likeness (QED) is 0.199. The van der Waals surface area contributed by atoms with Crippen LogP contribution in [0.5, 0.6) is 0 Å². The van der Waals surface area contributed by atoms with E-state index in [2.05, 4.69) is 125 Å². The van der Waals surface area contributed by atoms with Crippen molar-refractivity contribution in [3.8, 4) is 0 Å². The summed E-state index contributed by atoms with van der Waals surface area (Å²) >= 11 is 0. The van der Waals surface area contributed by atoms with Gasteiger partial charge in [0.05, 0.1) is 0 Å². The molecule has 0 radical (unpaired) electrons. The molecule has 0 N–H and O–H groups in total. The summed E-state index contributed by atoms with van der Waals surface area (Å²) < 4.78 is 28.9. The zero-order valence-electron chi connectivity index (χ0n) is 26.4. The Bertz CT molecular complexity index is 924. The molecule has 1 aliphatic rings. The molecule has 1 heterocycles. The Morgan fingerprint density at radius 2 is 0.800 bits per heavy atom. The molecule has 10 heteroatoms. The number of anilines is 2. The number of para-hydroxylation sites is 2. The molecule has 1 saturated heterocycles. The highest BCUT2D eigenvalue weighted by Crippen LogP contribution is 2.38. The van der Waals surface area contributed by atoms with Gasteiger partial charge >= 0.3 is 34.2 Å². The van der Waals surface area contributed by atoms with Crippen LogP contribution in [0.4, 0.5) is 11.4 Å². The lowest BCUT2D eigenvalue weighted by Crippen LogP contribution is -2.67. The monoisotopic (exact) mass is 618 g/mol. The van der Waals surface area contributed by atoms with Crippen molar-refractivity contribution < 1.29 is 16.5 Å². The summed E-state index contributed by atoms with van der Waals surface area (Å²) in [5, 5.41) is 0. The molecule has 2 aromatic rings. The highest BCUT2D eigenvalue weighted by atomic mass is 28.5. The van der Waals surface area contributed by atoms with E-state index in [1.54, 1.807) is 0 Å². The molecule has 0 aromatic heterocycles. The molecule has 0 saturated carbocycles. The highest BCUT2D eigenvalue weighted by Gasteiger charge is 2.56. The normalized spacial score (nSPS) is 29.0. The fourth-order valence-corrected chi connectivity index (χ4v) is 29.6. The Labute approximate surface area is 249 Å². The van der Waals surface area contributed by atoms with Gasteiger partial charge in [-0.3, -0.25) is 0 Å². The first-order valence-electron chi connectivity index (χ1n) is 15.3. The van der Waals surface area contributed by atoms with Crippen LogP contribution in [-0.2, 0) is 16.5 Å². The van der Waals surface area contributed by atoms with Crippen molar-refractivity contribution >= 4 is 45.6 Å². The second-order valence-electron chi connectivity index (χ2n) is 12.2. The standard InChI is InChI=1S/C30H54N2O4Si4/c1-9-25-37(5)33-39(7,27-17-23-31(3)29-19-13-11-14-20-29)35-38(6,26-10-2)36-40(8,34-37)28-18-24-32(4)30-21-15-12-16-22-30/h11-16,19-22H,9-10,17-18,23-28H2,1-8H3. The van der Waals surface area contributed by atoms with Gasteiger partial charge in [-0.25, -0.2) is 0 Å². The van der Waals surface area contributed by atoms with Crippen LogP contribution in [0.15, 0.2) is 60.7 Å². The predicted octanol–water partition coefficient (Wildman–Crippen LogP) is 8.23. The van der Waals surface area contributed by atoms with Crippen molar-refractivity contribution in [3.63, 3.8) is 0 Å². The third kappa shape index (κ3) is 9.94. The van der Waals surface area contributed by atoms with E-state index in [0.717, 1.165) is 62.9 Å². The third-order valence-electron chi connectivity index (χ3n) is 7.78. The lowest BCUT2D eigenvalue weighted by Gasteiger charge is -2.50. The van der Waals surface area contributed by atoms with Crippen LogP contribution in [0.2, 0.25) is 50.4 Å². The topological polar surface area (TPSA) is 43.4 Å². The molecule has 1 fully saturated rings. The number of hydrogen-bond acceptors (Lipinski definition) is 6. The largest absolute Gasteiger partial charge is 0.416 e. The minimum absolute atomic E-state index is 0.954. The maximum Gasteiger partial charge on any atom is 0.317 e. The Morgan fingerprint density at radius 1 is 0.500 bits per heavy atom. The first-order chi connectivity index (χ1) is 18.9. The van der Waals surface area contributed by atoms with E-state index in [-0.39, 0.29) is 0 Å². The van der Waals surface area contributed by atoms with Crippen molar-refractivity contribution in [2.75, 3.05) is 37.0 Å². The van der Waals surface area contributed by atoms with Crippen LogP contribution in [0, 0.1) is 0 Å². The number of rotatable bonds is 14. The van der Waals surface area contributed by atoms with E-state index in [1.165, 1.54) is 11.4 Å². The molecule has 3 rings (SSSR count). The van der Waals surface area contributed by atoms with Gasteiger partial charge in [0.2, 0.25) is 0 Å². The second-order valence-corrected chi connectivity index (χ2v) is 26.5. The molecular weight excluding hydrogens is 565 g/mol. The molecule has 0 unspecified atom stereocenters. The SMILES string of the molecule is CCC[Si]1(C)O[Si](C)(CCCN(C)c2ccccc2)O[Si](C)(CCC)O[Si](C)(CCCN(C)c2ccccc2)O1. The second kappa shape index (κ2) is 14.8.